The van der Waals surface area contributed by atoms with Gasteiger partial charge in [0.15, 0.2) is 0 Å². The molecule has 2 N–H and O–H groups in total. The maximum absolute atomic E-state index is 6.27. The molecule has 0 radical (unpaired) electrons. The molecule has 3 nitrogen and oxygen atoms in total. The van der Waals surface area contributed by atoms with Gasteiger partial charge in [-0.3, -0.25) is 4.90 Å². The van der Waals surface area contributed by atoms with Gasteiger partial charge in [-0.2, -0.15) is 0 Å². The fourth-order valence-electron chi connectivity index (χ4n) is 2.90. The van der Waals surface area contributed by atoms with Crippen molar-refractivity contribution in [3.63, 3.8) is 0 Å². The van der Waals surface area contributed by atoms with Crippen LogP contribution in [0.1, 0.15) is 29.7 Å². The number of likely N-dealkylation sites (N-methyl/N-ethyl adjacent to an activating group) is 1. The van der Waals surface area contributed by atoms with Crippen molar-refractivity contribution in [3.8, 4) is 0 Å². The second-order valence-corrected chi connectivity index (χ2v) is 5.99. The largest absolute Gasteiger partial charge is 0.326 e. The number of aryl methyl sites for hydroxylation is 2. The molecule has 2 atom stereocenters. The standard InChI is InChI=1S/C16H27N3/c1-12-5-6-15(11-13(12)2)16(14(3)17)19-9-7-18(4)8-10-19/h5-6,11,14,16H,7-10,17H2,1-4H3. The summed E-state index contributed by atoms with van der Waals surface area (Å²) in [6.45, 7) is 10.9. The molecular weight excluding hydrogens is 234 g/mol. The third-order valence-electron chi connectivity index (χ3n) is 4.30. The summed E-state index contributed by atoms with van der Waals surface area (Å²) in [5, 5.41) is 0. The Morgan fingerprint density at radius 1 is 1.05 bits per heavy atom. The van der Waals surface area contributed by atoms with E-state index < -0.39 is 0 Å². The highest BCUT2D eigenvalue weighted by atomic mass is 15.3. The van der Waals surface area contributed by atoms with E-state index in [1.807, 2.05) is 0 Å². The molecule has 1 fully saturated rings. The minimum Gasteiger partial charge on any atom is -0.326 e. The van der Waals surface area contributed by atoms with E-state index in [4.69, 9.17) is 5.73 Å². The molecule has 2 rings (SSSR count). The number of benzene rings is 1. The summed E-state index contributed by atoms with van der Waals surface area (Å²) >= 11 is 0. The van der Waals surface area contributed by atoms with E-state index in [2.05, 4.69) is 55.8 Å². The Labute approximate surface area is 117 Å². The first kappa shape index (κ1) is 14.5. The molecule has 1 aromatic carbocycles. The molecule has 1 heterocycles. The summed E-state index contributed by atoms with van der Waals surface area (Å²) in [7, 11) is 2.19. The molecule has 1 aromatic rings. The van der Waals surface area contributed by atoms with E-state index in [1.54, 1.807) is 0 Å². The predicted molar refractivity (Wildman–Crippen MR) is 81.4 cm³/mol. The first-order chi connectivity index (χ1) is 8.99. The Balaban J connectivity index is 2.22. The molecular formula is C16H27N3. The fourth-order valence-corrected chi connectivity index (χ4v) is 2.90. The first-order valence-electron chi connectivity index (χ1n) is 7.24. The molecule has 0 saturated carbocycles. The minimum atomic E-state index is 0.158. The van der Waals surface area contributed by atoms with Crippen molar-refractivity contribution in [1.29, 1.82) is 0 Å². The number of hydrogen-bond donors (Lipinski definition) is 1. The van der Waals surface area contributed by atoms with Crippen LogP contribution in [0.15, 0.2) is 18.2 Å². The number of nitrogens with two attached hydrogens (primary N) is 1. The maximum atomic E-state index is 6.27. The lowest BCUT2D eigenvalue weighted by Gasteiger charge is -2.40. The molecule has 1 aliphatic rings. The summed E-state index contributed by atoms with van der Waals surface area (Å²) in [5.74, 6) is 0. The van der Waals surface area contributed by atoms with Gasteiger partial charge in [0.2, 0.25) is 0 Å². The van der Waals surface area contributed by atoms with Crippen molar-refractivity contribution in [2.24, 2.45) is 5.73 Å². The molecule has 1 saturated heterocycles. The molecule has 106 valence electrons. The second-order valence-electron chi connectivity index (χ2n) is 5.99. The number of piperazine rings is 1. The fraction of sp³-hybridized carbons (Fsp3) is 0.625. The van der Waals surface area contributed by atoms with Gasteiger partial charge in [0, 0.05) is 38.3 Å². The highest BCUT2D eigenvalue weighted by Gasteiger charge is 2.26. The Morgan fingerprint density at radius 2 is 1.68 bits per heavy atom. The Bertz CT molecular complexity index is 420. The van der Waals surface area contributed by atoms with Gasteiger partial charge >= 0.3 is 0 Å². The van der Waals surface area contributed by atoms with E-state index in [-0.39, 0.29) is 6.04 Å². The zero-order chi connectivity index (χ0) is 14.0. The van der Waals surface area contributed by atoms with Gasteiger partial charge in [-0.1, -0.05) is 18.2 Å². The van der Waals surface area contributed by atoms with E-state index >= 15 is 0 Å². The molecule has 3 heteroatoms. The van der Waals surface area contributed by atoms with Gasteiger partial charge in [-0.05, 0) is 44.5 Å². The topological polar surface area (TPSA) is 32.5 Å². The van der Waals surface area contributed by atoms with Crippen LogP contribution in [0.2, 0.25) is 0 Å². The quantitative estimate of drug-likeness (QED) is 0.902. The summed E-state index contributed by atoms with van der Waals surface area (Å²) in [6.07, 6.45) is 0. The third-order valence-corrected chi connectivity index (χ3v) is 4.30. The number of rotatable bonds is 3. The number of hydrogen-bond acceptors (Lipinski definition) is 3. The average molecular weight is 261 g/mol. The lowest BCUT2D eigenvalue weighted by molar-refractivity contribution is 0.101. The van der Waals surface area contributed by atoms with Gasteiger partial charge in [-0.15, -0.1) is 0 Å². The zero-order valence-corrected chi connectivity index (χ0v) is 12.7. The van der Waals surface area contributed by atoms with Gasteiger partial charge in [0.1, 0.15) is 0 Å². The molecule has 0 spiro atoms. The molecule has 1 aliphatic heterocycles. The molecule has 0 aliphatic carbocycles. The maximum Gasteiger partial charge on any atom is 0.0497 e. The molecule has 0 aromatic heterocycles. The first-order valence-corrected chi connectivity index (χ1v) is 7.24. The highest BCUT2D eigenvalue weighted by molar-refractivity contribution is 5.32. The third kappa shape index (κ3) is 3.35. The summed E-state index contributed by atoms with van der Waals surface area (Å²) in [5.41, 5.74) is 10.3. The van der Waals surface area contributed by atoms with E-state index in [0.29, 0.717) is 6.04 Å². The minimum absolute atomic E-state index is 0.158. The van der Waals surface area contributed by atoms with Crippen molar-refractivity contribution in [3.05, 3.63) is 34.9 Å². The van der Waals surface area contributed by atoms with Crippen LogP contribution >= 0.6 is 0 Å². The zero-order valence-electron chi connectivity index (χ0n) is 12.7. The summed E-state index contributed by atoms with van der Waals surface area (Å²) < 4.78 is 0. The summed E-state index contributed by atoms with van der Waals surface area (Å²) in [4.78, 5) is 4.92. The van der Waals surface area contributed by atoms with E-state index in [1.165, 1.54) is 16.7 Å². The monoisotopic (exact) mass is 261 g/mol. The van der Waals surface area contributed by atoms with E-state index in [0.717, 1.165) is 26.2 Å². The smallest absolute Gasteiger partial charge is 0.0497 e. The lowest BCUT2D eigenvalue weighted by atomic mass is 9.95. The van der Waals surface area contributed by atoms with Crippen molar-refractivity contribution in [1.82, 2.24) is 9.80 Å². The highest BCUT2D eigenvalue weighted by Crippen LogP contribution is 2.26. The van der Waals surface area contributed by atoms with Crippen LogP contribution in [-0.2, 0) is 0 Å². The lowest BCUT2D eigenvalue weighted by Crippen LogP contribution is -2.49. The van der Waals surface area contributed by atoms with Crippen LogP contribution in [0.3, 0.4) is 0 Å². The normalized spacial score (nSPS) is 21.3. The van der Waals surface area contributed by atoms with Crippen LogP contribution in [0.4, 0.5) is 0 Å². The summed E-state index contributed by atoms with van der Waals surface area (Å²) in [6, 6.07) is 7.27. The SMILES string of the molecule is Cc1ccc(C(C(C)N)N2CCN(C)CC2)cc1C. The van der Waals surface area contributed by atoms with Gasteiger partial charge in [-0.25, -0.2) is 0 Å². The average Bonchev–Trinajstić information content (AvgIpc) is 2.36. The predicted octanol–water partition coefficient (Wildman–Crippen LogP) is 1.94. The van der Waals surface area contributed by atoms with Crippen molar-refractivity contribution in [2.45, 2.75) is 32.9 Å². The van der Waals surface area contributed by atoms with Gasteiger partial charge in [0.25, 0.3) is 0 Å². The van der Waals surface area contributed by atoms with Gasteiger partial charge < -0.3 is 10.6 Å². The van der Waals surface area contributed by atoms with Crippen LogP contribution in [0, 0.1) is 13.8 Å². The van der Waals surface area contributed by atoms with Gasteiger partial charge in [0.05, 0.1) is 0 Å². The van der Waals surface area contributed by atoms with Crippen molar-refractivity contribution >= 4 is 0 Å². The second kappa shape index (κ2) is 6.04. The van der Waals surface area contributed by atoms with E-state index in [9.17, 15) is 0 Å². The Hall–Kier alpha value is -0.900. The Kier molecular flexibility index (Phi) is 4.61. The molecule has 19 heavy (non-hydrogen) atoms. The van der Waals surface area contributed by atoms with Crippen molar-refractivity contribution < 1.29 is 0 Å². The molecule has 2 unspecified atom stereocenters. The van der Waals surface area contributed by atoms with Crippen LogP contribution < -0.4 is 5.73 Å². The molecule has 0 bridgehead atoms. The van der Waals surface area contributed by atoms with Crippen LogP contribution in [0.25, 0.3) is 0 Å². The van der Waals surface area contributed by atoms with Crippen LogP contribution in [-0.4, -0.2) is 49.1 Å². The Morgan fingerprint density at radius 3 is 2.21 bits per heavy atom. The number of nitrogens with zero attached hydrogens (tertiary/aromatic N) is 2. The van der Waals surface area contributed by atoms with Crippen LogP contribution in [0.5, 0.6) is 0 Å². The van der Waals surface area contributed by atoms with Crippen molar-refractivity contribution in [2.75, 3.05) is 33.2 Å². The molecule has 0 amide bonds.